The molecule has 0 spiro atoms. The lowest BCUT2D eigenvalue weighted by atomic mass is 10.1. The van der Waals surface area contributed by atoms with Crippen LogP contribution in [0.4, 0.5) is 0 Å². The van der Waals surface area contributed by atoms with E-state index in [0.717, 1.165) is 37.2 Å². The van der Waals surface area contributed by atoms with Gasteiger partial charge in [0.15, 0.2) is 0 Å². The fraction of sp³-hybridized carbons (Fsp3) is 0.739. The van der Waals surface area contributed by atoms with Crippen molar-refractivity contribution in [3.63, 3.8) is 0 Å². The zero-order chi connectivity index (χ0) is 21.7. The molecule has 1 unspecified atom stereocenters. The molecular weight excluding hydrogens is 370 g/mol. The van der Waals surface area contributed by atoms with Crippen molar-refractivity contribution in [1.29, 1.82) is 0 Å². The quantitative estimate of drug-likeness (QED) is 0.232. The summed E-state index contributed by atoms with van der Waals surface area (Å²) in [5.41, 5.74) is 0. The molecule has 1 saturated heterocycles. The van der Waals surface area contributed by atoms with Crippen LogP contribution in [0.15, 0.2) is 24.3 Å². The highest BCUT2D eigenvalue weighted by atomic mass is 16.5. The van der Waals surface area contributed by atoms with E-state index in [1.165, 1.54) is 44.9 Å². The Bertz CT molecular complexity index is 476. The maximum absolute atomic E-state index is 10.3. The minimum atomic E-state index is -0.935. The van der Waals surface area contributed by atoms with Gasteiger partial charge in [0.25, 0.3) is 0 Å². The Morgan fingerprint density at radius 3 is 1.97 bits per heavy atom. The molecule has 0 amide bonds. The summed E-state index contributed by atoms with van der Waals surface area (Å²) in [6, 6.07) is -0.662. The molecule has 0 aliphatic carbocycles. The third-order valence-corrected chi connectivity index (χ3v) is 4.85. The lowest BCUT2D eigenvalue weighted by molar-refractivity contribution is -0.161. The van der Waals surface area contributed by atoms with Gasteiger partial charge < -0.3 is 15.4 Å². The maximum Gasteiger partial charge on any atom is 0.323 e. The second-order valence-electron chi connectivity index (χ2n) is 7.53. The molecule has 6 heteroatoms. The molecular formula is C23H41NO5. The van der Waals surface area contributed by atoms with Gasteiger partial charge in [-0.15, -0.1) is 0 Å². The highest BCUT2D eigenvalue weighted by Gasteiger charge is 2.28. The first-order valence-electron chi connectivity index (χ1n) is 11.2. The molecule has 0 aromatic rings. The van der Waals surface area contributed by atoms with E-state index in [9.17, 15) is 9.59 Å². The van der Waals surface area contributed by atoms with Gasteiger partial charge in [-0.25, -0.2) is 0 Å². The highest BCUT2D eigenvalue weighted by molar-refractivity contribution is 5.73. The molecule has 1 aliphatic heterocycles. The van der Waals surface area contributed by atoms with E-state index in [-0.39, 0.29) is 0 Å². The minimum Gasteiger partial charge on any atom is -0.481 e. The number of carbonyl (C=O) groups is 2. The molecule has 6 nitrogen and oxygen atoms in total. The van der Waals surface area contributed by atoms with Gasteiger partial charge in [-0.2, -0.15) is 5.06 Å². The van der Waals surface area contributed by atoms with Gasteiger partial charge in [0.05, 0.1) is 0 Å². The predicted octanol–water partition coefficient (Wildman–Crippen LogP) is 5.81. The topological polar surface area (TPSA) is 98.1 Å². The van der Waals surface area contributed by atoms with E-state index in [1.54, 1.807) is 0 Å². The Morgan fingerprint density at radius 2 is 1.48 bits per heavy atom. The van der Waals surface area contributed by atoms with Crippen molar-refractivity contribution < 1.29 is 25.0 Å². The molecule has 0 aromatic heterocycles. The van der Waals surface area contributed by atoms with Crippen molar-refractivity contribution in [1.82, 2.24) is 5.06 Å². The van der Waals surface area contributed by atoms with Crippen LogP contribution in [-0.2, 0) is 9.59 Å². The first kappa shape index (κ1) is 27.3. The van der Waals surface area contributed by atoms with Gasteiger partial charge in [-0.05, 0) is 51.4 Å². The number of aliphatic carboxylic acids is 2. The molecule has 1 fully saturated rings. The van der Waals surface area contributed by atoms with Crippen molar-refractivity contribution in [3.05, 3.63) is 24.3 Å². The lowest BCUT2D eigenvalue weighted by Crippen LogP contribution is -2.32. The molecule has 29 heavy (non-hydrogen) atoms. The summed E-state index contributed by atoms with van der Waals surface area (Å²) < 4.78 is 0. The number of nitrogens with zero attached hydrogens (tertiary/aromatic N) is 1. The number of allylic oxidation sites excluding steroid dienone is 4. The fourth-order valence-electron chi connectivity index (χ4n) is 3.09. The second-order valence-corrected chi connectivity index (χ2v) is 7.53. The first-order valence-corrected chi connectivity index (χ1v) is 11.2. The SMILES string of the molecule is CCCCC/C=C\C/C=C\CCCCCCCC(=O)O.O=C(O)C1CCCN1O. The molecule has 0 radical (unpaired) electrons. The number of rotatable bonds is 15. The highest BCUT2D eigenvalue weighted by Crippen LogP contribution is 2.13. The van der Waals surface area contributed by atoms with Crippen LogP contribution in [-0.4, -0.2) is 45.0 Å². The summed E-state index contributed by atoms with van der Waals surface area (Å²) in [7, 11) is 0. The van der Waals surface area contributed by atoms with Crippen molar-refractivity contribution >= 4 is 11.9 Å². The summed E-state index contributed by atoms with van der Waals surface area (Å²) in [4.78, 5) is 20.5. The summed E-state index contributed by atoms with van der Waals surface area (Å²) >= 11 is 0. The van der Waals surface area contributed by atoms with Gasteiger partial charge in [0.2, 0.25) is 0 Å². The Balaban J connectivity index is 0.000000717. The van der Waals surface area contributed by atoms with Crippen LogP contribution in [0.5, 0.6) is 0 Å². The minimum absolute atomic E-state index is 0.324. The standard InChI is InChI=1S/C18H32O2.C5H9NO3/c1-2-3-4-5-6-7-8-9-10-11-12-13-14-15-16-17-18(19)20;7-5(8)4-2-1-3-6(4)9/h6-7,9-10H,2-5,8,11-17H2,1H3,(H,19,20);4,9H,1-3H2,(H,7,8)/b7-6-,10-9-;. The summed E-state index contributed by atoms with van der Waals surface area (Å²) in [6.45, 7) is 2.72. The number of carboxylic acid groups (broad SMARTS) is 2. The van der Waals surface area contributed by atoms with Crippen LogP contribution in [0.2, 0.25) is 0 Å². The van der Waals surface area contributed by atoms with Crippen LogP contribution in [0, 0.1) is 0 Å². The van der Waals surface area contributed by atoms with E-state index in [1.807, 2.05) is 0 Å². The van der Waals surface area contributed by atoms with E-state index >= 15 is 0 Å². The molecule has 0 aromatic carbocycles. The molecule has 1 aliphatic rings. The summed E-state index contributed by atoms with van der Waals surface area (Å²) in [6.07, 6.45) is 23.6. The normalized spacial score (nSPS) is 17.0. The third kappa shape index (κ3) is 18.1. The number of hydroxylamine groups is 2. The van der Waals surface area contributed by atoms with Crippen molar-refractivity contribution in [3.8, 4) is 0 Å². The lowest BCUT2D eigenvalue weighted by Gasteiger charge is -2.11. The Labute approximate surface area is 176 Å². The predicted molar refractivity (Wildman–Crippen MR) is 116 cm³/mol. The van der Waals surface area contributed by atoms with Crippen LogP contribution >= 0.6 is 0 Å². The number of hydrogen-bond acceptors (Lipinski definition) is 4. The van der Waals surface area contributed by atoms with E-state index in [2.05, 4.69) is 31.2 Å². The molecule has 1 heterocycles. The van der Waals surface area contributed by atoms with Crippen LogP contribution < -0.4 is 0 Å². The van der Waals surface area contributed by atoms with E-state index < -0.39 is 18.0 Å². The average molecular weight is 412 g/mol. The van der Waals surface area contributed by atoms with E-state index in [0.29, 0.717) is 19.4 Å². The Morgan fingerprint density at radius 1 is 0.897 bits per heavy atom. The van der Waals surface area contributed by atoms with Crippen LogP contribution in [0.3, 0.4) is 0 Å². The zero-order valence-electron chi connectivity index (χ0n) is 18.1. The fourth-order valence-corrected chi connectivity index (χ4v) is 3.09. The summed E-state index contributed by atoms with van der Waals surface area (Å²) in [5.74, 6) is -1.61. The number of unbranched alkanes of at least 4 members (excludes halogenated alkanes) is 8. The largest absolute Gasteiger partial charge is 0.481 e. The molecule has 168 valence electrons. The molecule has 0 saturated carbocycles. The Hall–Kier alpha value is -1.66. The van der Waals surface area contributed by atoms with Gasteiger partial charge in [0.1, 0.15) is 6.04 Å². The van der Waals surface area contributed by atoms with E-state index in [4.69, 9.17) is 15.4 Å². The second kappa shape index (κ2) is 19.6. The maximum atomic E-state index is 10.3. The van der Waals surface area contributed by atoms with Gasteiger partial charge in [-0.1, -0.05) is 63.3 Å². The molecule has 1 atom stereocenters. The number of hydrogen-bond donors (Lipinski definition) is 3. The monoisotopic (exact) mass is 411 g/mol. The third-order valence-electron chi connectivity index (χ3n) is 4.85. The average Bonchev–Trinajstić information content (AvgIpc) is 3.11. The zero-order valence-corrected chi connectivity index (χ0v) is 18.1. The van der Waals surface area contributed by atoms with Crippen LogP contribution in [0.1, 0.15) is 96.8 Å². The first-order chi connectivity index (χ1) is 14.0. The van der Waals surface area contributed by atoms with Gasteiger partial charge in [0, 0.05) is 13.0 Å². The van der Waals surface area contributed by atoms with Crippen molar-refractivity contribution in [2.75, 3.05) is 6.54 Å². The number of carboxylic acids is 2. The van der Waals surface area contributed by atoms with Gasteiger partial charge >= 0.3 is 11.9 Å². The van der Waals surface area contributed by atoms with Gasteiger partial charge in [-0.3, -0.25) is 9.59 Å². The van der Waals surface area contributed by atoms with Crippen molar-refractivity contribution in [2.24, 2.45) is 0 Å². The van der Waals surface area contributed by atoms with Crippen LogP contribution in [0.25, 0.3) is 0 Å². The smallest absolute Gasteiger partial charge is 0.323 e. The molecule has 0 bridgehead atoms. The van der Waals surface area contributed by atoms with Crippen molar-refractivity contribution in [2.45, 2.75) is 103 Å². The Kier molecular flexibility index (Phi) is 18.5. The molecule has 3 N–H and O–H groups in total. The summed E-state index contributed by atoms with van der Waals surface area (Å²) in [5, 5.41) is 26.6. The molecule has 1 rings (SSSR count).